The molecule has 2 rings (SSSR count). The van der Waals surface area contributed by atoms with Crippen molar-refractivity contribution in [3.8, 4) is 6.07 Å². The normalized spacial score (nSPS) is 10.5. The lowest BCUT2D eigenvalue weighted by Gasteiger charge is -1.99. The fraction of sp³-hybridized carbons (Fsp3) is 0.167. The third-order valence-electron chi connectivity index (χ3n) is 3.25. The molecule has 0 atom stereocenters. The molecule has 1 aromatic carbocycles. The van der Waals surface area contributed by atoms with Crippen molar-refractivity contribution in [1.29, 1.82) is 5.26 Å². The summed E-state index contributed by atoms with van der Waals surface area (Å²) in [4.78, 5) is 24.3. The van der Waals surface area contributed by atoms with Gasteiger partial charge in [-0.2, -0.15) is 5.26 Å². The number of carbonyl (C=O) groups is 2. The van der Waals surface area contributed by atoms with Gasteiger partial charge in [0.15, 0.2) is 0 Å². The molecule has 0 aliphatic heterocycles. The summed E-state index contributed by atoms with van der Waals surface area (Å²) in [6.07, 6.45) is 2.98. The van der Waals surface area contributed by atoms with Gasteiger partial charge in [0.2, 0.25) is 5.91 Å². The van der Waals surface area contributed by atoms with Crippen molar-refractivity contribution in [3.63, 3.8) is 0 Å². The second kappa shape index (κ2) is 8.47. The molecule has 0 bridgehead atoms. The van der Waals surface area contributed by atoms with Gasteiger partial charge in [-0.3, -0.25) is 4.79 Å². The summed E-state index contributed by atoms with van der Waals surface area (Å²) in [7, 11) is 0. The number of esters is 1. The molecule has 128 valence electrons. The third kappa shape index (κ3) is 4.69. The lowest BCUT2D eigenvalue weighted by Crippen LogP contribution is -2.07. The van der Waals surface area contributed by atoms with Crippen LogP contribution in [0, 0.1) is 18.3 Å². The number of ether oxygens (including phenoxy) is 1. The van der Waals surface area contributed by atoms with E-state index in [-0.39, 0.29) is 12.2 Å². The van der Waals surface area contributed by atoms with Crippen LogP contribution in [-0.2, 0) is 9.53 Å². The zero-order chi connectivity index (χ0) is 18.4. The molecule has 1 amide bonds. The molecule has 25 heavy (non-hydrogen) atoms. The molecular formula is C18H15ClN2O3S. The van der Waals surface area contributed by atoms with Crippen molar-refractivity contribution < 1.29 is 14.3 Å². The van der Waals surface area contributed by atoms with Gasteiger partial charge < -0.3 is 10.1 Å². The average Bonchev–Trinajstić information content (AvgIpc) is 2.90. The quantitative estimate of drug-likeness (QED) is 0.621. The molecule has 0 aliphatic carbocycles. The fourth-order valence-corrected chi connectivity index (χ4v) is 3.21. The lowest BCUT2D eigenvalue weighted by atomic mass is 10.1. The van der Waals surface area contributed by atoms with E-state index in [1.165, 1.54) is 6.08 Å². The van der Waals surface area contributed by atoms with Crippen molar-refractivity contribution in [1.82, 2.24) is 0 Å². The second-order valence-electron chi connectivity index (χ2n) is 4.97. The van der Waals surface area contributed by atoms with Crippen LogP contribution in [0.15, 0.2) is 30.3 Å². The maximum Gasteiger partial charge on any atom is 0.348 e. The highest BCUT2D eigenvalue weighted by molar-refractivity contribution is 7.18. The molecule has 7 heteroatoms. The van der Waals surface area contributed by atoms with Crippen molar-refractivity contribution in [2.75, 3.05) is 11.9 Å². The van der Waals surface area contributed by atoms with Crippen LogP contribution < -0.4 is 5.32 Å². The Bertz CT molecular complexity index is 864. The van der Waals surface area contributed by atoms with E-state index in [0.29, 0.717) is 20.5 Å². The predicted octanol–water partition coefficient (Wildman–Crippen LogP) is 4.41. The Hall–Kier alpha value is -2.62. The van der Waals surface area contributed by atoms with Gasteiger partial charge >= 0.3 is 5.97 Å². The first-order valence-corrected chi connectivity index (χ1v) is 8.61. The summed E-state index contributed by atoms with van der Waals surface area (Å²) in [6.45, 7) is 3.60. The number of thiophene rings is 1. The number of carbonyl (C=O) groups excluding carboxylic acids is 2. The molecule has 1 aromatic heterocycles. The van der Waals surface area contributed by atoms with Crippen molar-refractivity contribution in [3.05, 3.63) is 56.9 Å². The monoisotopic (exact) mass is 374 g/mol. The largest absolute Gasteiger partial charge is 0.462 e. The summed E-state index contributed by atoms with van der Waals surface area (Å²) >= 11 is 6.84. The van der Waals surface area contributed by atoms with E-state index in [9.17, 15) is 14.9 Å². The predicted molar refractivity (Wildman–Crippen MR) is 98.8 cm³/mol. The van der Waals surface area contributed by atoms with Crippen LogP contribution in [0.4, 0.5) is 5.00 Å². The molecule has 0 saturated heterocycles. The average molecular weight is 375 g/mol. The van der Waals surface area contributed by atoms with E-state index in [1.807, 2.05) is 6.07 Å². The summed E-state index contributed by atoms with van der Waals surface area (Å²) in [6, 6.07) is 9.02. The molecule has 2 aromatic rings. The van der Waals surface area contributed by atoms with Crippen molar-refractivity contribution in [2.24, 2.45) is 0 Å². The number of anilines is 1. The van der Waals surface area contributed by atoms with Crippen LogP contribution in [0.1, 0.15) is 33.3 Å². The van der Waals surface area contributed by atoms with E-state index >= 15 is 0 Å². The lowest BCUT2D eigenvalue weighted by molar-refractivity contribution is -0.111. The molecule has 1 heterocycles. The van der Waals surface area contributed by atoms with Crippen LogP contribution in [0.25, 0.3) is 6.08 Å². The molecule has 0 radical (unpaired) electrons. The highest BCUT2D eigenvalue weighted by Gasteiger charge is 2.21. The van der Waals surface area contributed by atoms with E-state index in [4.69, 9.17) is 16.3 Å². The molecule has 1 N–H and O–H groups in total. The molecule has 0 saturated carbocycles. The van der Waals surface area contributed by atoms with Gasteiger partial charge in [-0.05, 0) is 43.2 Å². The molecular weight excluding hydrogens is 360 g/mol. The number of benzene rings is 1. The number of nitrogens with one attached hydrogen (secondary N) is 1. The van der Waals surface area contributed by atoms with Gasteiger partial charge in [-0.25, -0.2) is 4.79 Å². The minimum Gasteiger partial charge on any atom is -0.462 e. The van der Waals surface area contributed by atoms with E-state index in [0.717, 1.165) is 16.9 Å². The Balaban J connectivity index is 2.17. The number of nitrogens with zero attached hydrogens (tertiary/aromatic N) is 1. The SMILES string of the molecule is CCOC(=O)c1sc(NC(=O)/C=C/c2ccc(Cl)cc2)c(C#N)c1C. The van der Waals surface area contributed by atoms with Gasteiger partial charge in [0, 0.05) is 11.1 Å². The standard InChI is InChI=1S/C18H15ClN2O3S/c1-3-24-18(23)16-11(2)14(10-20)17(25-16)21-15(22)9-6-12-4-7-13(19)8-5-12/h4-9H,3H2,1-2H3,(H,21,22)/b9-6+. The van der Waals surface area contributed by atoms with Crippen molar-refractivity contribution in [2.45, 2.75) is 13.8 Å². The smallest absolute Gasteiger partial charge is 0.348 e. The van der Waals surface area contributed by atoms with Crippen LogP contribution in [-0.4, -0.2) is 18.5 Å². The van der Waals surface area contributed by atoms with Crippen LogP contribution in [0.3, 0.4) is 0 Å². The van der Waals surface area contributed by atoms with Crippen LogP contribution in [0.5, 0.6) is 0 Å². The number of halogens is 1. The highest BCUT2D eigenvalue weighted by Crippen LogP contribution is 2.33. The highest BCUT2D eigenvalue weighted by atomic mass is 35.5. The Labute approximate surface area is 154 Å². The molecule has 0 spiro atoms. The summed E-state index contributed by atoms with van der Waals surface area (Å²) in [5, 5.41) is 12.9. The zero-order valence-corrected chi connectivity index (χ0v) is 15.2. The van der Waals surface area contributed by atoms with Gasteiger partial charge in [0.05, 0.1) is 12.2 Å². The third-order valence-corrected chi connectivity index (χ3v) is 4.69. The number of nitriles is 1. The maximum atomic E-state index is 12.1. The van der Waals surface area contributed by atoms with Crippen LogP contribution >= 0.6 is 22.9 Å². The molecule has 5 nitrogen and oxygen atoms in total. The molecule has 0 aliphatic rings. The van der Waals surface area contributed by atoms with Gasteiger partial charge in [0.1, 0.15) is 15.9 Å². The van der Waals surface area contributed by atoms with E-state index in [2.05, 4.69) is 5.32 Å². The summed E-state index contributed by atoms with van der Waals surface area (Å²) < 4.78 is 4.97. The minimum atomic E-state index is -0.501. The first-order valence-electron chi connectivity index (χ1n) is 7.41. The van der Waals surface area contributed by atoms with E-state index < -0.39 is 11.9 Å². The Kier molecular flexibility index (Phi) is 6.34. The summed E-state index contributed by atoms with van der Waals surface area (Å²) in [5.41, 5.74) is 1.58. The Morgan fingerprint density at radius 2 is 2.04 bits per heavy atom. The van der Waals surface area contributed by atoms with Gasteiger partial charge in [-0.15, -0.1) is 11.3 Å². The van der Waals surface area contributed by atoms with Crippen molar-refractivity contribution >= 4 is 45.9 Å². The Morgan fingerprint density at radius 3 is 2.64 bits per heavy atom. The number of amides is 1. The number of hydrogen-bond acceptors (Lipinski definition) is 5. The van der Waals surface area contributed by atoms with Gasteiger partial charge in [-0.1, -0.05) is 23.7 Å². The minimum absolute atomic E-state index is 0.240. The van der Waals surface area contributed by atoms with Crippen LogP contribution in [0.2, 0.25) is 5.02 Å². The first-order chi connectivity index (χ1) is 12.0. The van der Waals surface area contributed by atoms with Gasteiger partial charge in [0.25, 0.3) is 0 Å². The second-order valence-corrected chi connectivity index (χ2v) is 6.42. The zero-order valence-electron chi connectivity index (χ0n) is 13.6. The molecule has 0 fully saturated rings. The first kappa shape index (κ1) is 18.7. The number of hydrogen-bond donors (Lipinski definition) is 1. The summed E-state index contributed by atoms with van der Waals surface area (Å²) in [5.74, 6) is -0.901. The van der Waals surface area contributed by atoms with E-state index in [1.54, 1.807) is 44.2 Å². The fourth-order valence-electron chi connectivity index (χ4n) is 2.03. The maximum absolute atomic E-state index is 12.1. The molecule has 0 unspecified atom stereocenters. The number of rotatable bonds is 5. The topological polar surface area (TPSA) is 79.2 Å². The Morgan fingerprint density at radius 1 is 1.36 bits per heavy atom.